The molecule has 1 rings (SSSR count). The lowest BCUT2D eigenvalue weighted by Crippen LogP contribution is -2.48. The van der Waals surface area contributed by atoms with Crippen LogP contribution in [-0.2, 0) is 9.53 Å². The van der Waals surface area contributed by atoms with Crippen molar-refractivity contribution in [3.05, 3.63) is 0 Å². The Morgan fingerprint density at radius 1 is 1.53 bits per heavy atom. The van der Waals surface area contributed by atoms with Crippen molar-refractivity contribution in [3.63, 3.8) is 0 Å². The third-order valence-corrected chi connectivity index (χ3v) is 2.08. The lowest BCUT2D eigenvalue weighted by Gasteiger charge is -2.30. The Labute approximate surface area is 89.6 Å². The number of imide groups is 1. The molecule has 0 spiro atoms. The van der Waals surface area contributed by atoms with Crippen LogP contribution in [-0.4, -0.2) is 35.1 Å². The summed E-state index contributed by atoms with van der Waals surface area (Å²) < 4.78 is 5.11. The van der Waals surface area contributed by atoms with E-state index in [2.05, 4.69) is 0 Å². The van der Waals surface area contributed by atoms with E-state index in [1.54, 1.807) is 20.8 Å². The standard InChI is InChI=1S/C10H18N2O3/c1-10(2,3)15-9(14)12-5-4-7(11)6-8(12)13/h7H,4-6,11H2,1-3H3/t7-/m1/s1. The summed E-state index contributed by atoms with van der Waals surface area (Å²) >= 11 is 0. The Hall–Kier alpha value is -1.10. The summed E-state index contributed by atoms with van der Waals surface area (Å²) in [7, 11) is 0. The van der Waals surface area contributed by atoms with Gasteiger partial charge in [-0.3, -0.25) is 4.79 Å². The monoisotopic (exact) mass is 214 g/mol. The fraction of sp³-hybridized carbons (Fsp3) is 0.800. The molecule has 0 aromatic carbocycles. The van der Waals surface area contributed by atoms with Gasteiger partial charge in [0.25, 0.3) is 0 Å². The minimum atomic E-state index is -0.572. The molecular weight excluding hydrogens is 196 g/mol. The van der Waals surface area contributed by atoms with Crippen molar-refractivity contribution in [1.29, 1.82) is 0 Å². The Kier molecular flexibility index (Phi) is 3.34. The van der Waals surface area contributed by atoms with Gasteiger partial charge in [0, 0.05) is 19.0 Å². The molecular formula is C10H18N2O3. The van der Waals surface area contributed by atoms with Crippen molar-refractivity contribution in [2.75, 3.05) is 6.54 Å². The number of likely N-dealkylation sites (tertiary alicyclic amines) is 1. The zero-order chi connectivity index (χ0) is 11.6. The number of rotatable bonds is 0. The van der Waals surface area contributed by atoms with Crippen molar-refractivity contribution >= 4 is 12.0 Å². The van der Waals surface area contributed by atoms with Gasteiger partial charge in [-0.1, -0.05) is 0 Å². The van der Waals surface area contributed by atoms with Gasteiger partial charge in [-0.25, -0.2) is 9.69 Å². The molecule has 1 fully saturated rings. The van der Waals surface area contributed by atoms with Gasteiger partial charge < -0.3 is 10.5 Å². The van der Waals surface area contributed by atoms with Gasteiger partial charge in [0.2, 0.25) is 5.91 Å². The highest BCUT2D eigenvalue weighted by molar-refractivity contribution is 5.92. The Morgan fingerprint density at radius 2 is 2.13 bits per heavy atom. The van der Waals surface area contributed by atoms with Crippen molar-refractivity contribution in [2.45, 2.75) is 45.3 Å². The molecule has 0 aliphatic carbocycles. The largest absolute Gasteiger partial charge is 0.443 e. The van der Waals surface area contributed by atoms with E-state index >= 15 is 0 Å². The number of amides is 2. The molecule has 2 amide bonds. The minimum absolute atomic E-state index is 0.129. The normalized spacial score (nSPS) is 22.8. The maximum Gasteiger partial charge on any atom is 0.417 e. The highest BCUT2D eigenvalue weighted by atomic mass is 16.6. The SMILES string of the molecule is CC(C)(C)OC(=O)N1CC[C@@H](N)CC1=O. The van der Waals surface area contributed by atoms with E-state index in [9.17, 15) is 9.59 Å². The molecule has 1 atom stereocenters. The summed E-state index contributed by atoms with van der Waals surface area (Å²) in [6.45, 7) is 5.66. The van der Waals surface area contributed by atoms with Crippen LogP contribution in [0.5, 0.6) is 0 Å². The third-order valence-electron chi connectivity index (χ3n) is 2.08. The molecule has 15 heavy (non-hydrogen) atoms. The molecule has 1 aliphatic heterocycles. The van der Waals surface area contributed by atoms with Crippen LogP contribution in [0.2, 0.25) is 0 Å². The molecule has 5 heteroatoms. The number of carbonyl (C=O) groups is 2. The second-order valence-electron chi connectivity index (χ2n) is 4.78. The quantitative estimate of drug-likeness (QED) is 0.649. The van der Waals surface area contributed by atoms with E-state index < -0.39 is 11.7 Å². The molecule has 1 saturated heterocycles. The number of ether oxygens (including phenoxy) is 1. The molecule has 0 aromatic heterocycles. The van der Waals surface area contributed by atoms with Crippen molar-refractivity contribution in [1.82, 2.24) is 4.90 Å². The molecule has 0 saturated carbocycles. The van der Waals surface area contributed by atoms with Gasteiger partial charge in [-0.2, -0.15) is 0 Å². The summed E-state index contributed by atoms with van der Waals surface area (Å²) in [5, 5.41) is 0. The van der Waals surface area contributed by atoms with Gasteiger partial charge in [0.1, 0.15) is 5.60 Å². The number of carbonyl (C=O) groups excluding carboxylic acids is 2. The first kappa shape index (κ1) is 12.0. The molecule has 5 nitrogen and oxygen atoms in total. The first-order valence-corrected chi connectivity index (χ1v) is 5.08. The number of nitrogens with two attached hydrogens (primary N) is 1. The molecule has 0 aromatic rings. The van der Waals surface area contributed by atoms with Gasteiger partial charge in [0.05, 0.1) is 0 Å². The first-order valence-electron chi connectivity index (χ1n) is 5.08. The highest BCUT2D eigenvalue weighted by Gasteiger charge is 2.31. The van der Waals surface area contributed by atoms with E-state index in [0.29, 0.717) is 13.0 Å². The molecule has 1 heterocycles. The summed E-state index contributed by atoms with van der Waals surface area (Å²) in [6, 6.07) is -0.129. The Bertz CT molecular complexity index is 270. The molecule has 0 bridgehead atoms. The van der Waals surface area contributed by atoms with Crippen LogP contribution < -0.4 is 5.73 Å². The van der Waals surface area contributed by atoms with E-state index in [1.165, 1.54) is 0 Å². The summed E-state index contributed by atoms with van der Waals surface area (Å²) in [4.78, 5) is 24.2. The lowest BCUT2D eigenvalue weighted by molar-refractivity contribution is -0.132. The fourth-order valence-electron chi connectivity index (χ4n) is 1.37. The smallest absolute Gasteiger partial charge is 0.417 e. The second kappa shape index (κ2) is 4.18. The Morgan fingerprint density at radius 3 is 2.60 bits per heavy atom. The van der Waals surface area contributed by atoms with Crippen LogP contribution in [0.25, 0.3) is 0 Å². The van der Waals surface area contributed by atoms with E-state index in [4.69, 9.17) is 10.5 Å². The Balaban J connectivity index is 2.57. The van der Waals surface area contributed by atoms with Crippen molar-refractivity contribution < 1.29 is 14.3 Å². The second-order valence-corrected chi connectivity index (χ2v) is 4.78. The zero-order valence-electron chi connectivity index (χ0n) is 9.45. The predicted octanol–water partition coefficient (Wildman–Crippen LogP) is 0.871. The molecule has 2 N–H and O–H groups in total. The van der Waals surface area contributed by atoms with E-state index in [1.807, 2.05) is 0 Å². The number of hydrogen-bond acceptors (Lipinski definition) is 4. The van der Waals surface area contributed by atoms with Crippen LogP contribution in [0.1, 0.15) is 33.6 Å². The predicted molar refractivity (Wildman–Crippen MR) is 55.2 cm³/mol. The highest BCUT2D eigenvalue weighted by Crippen LogP contribution is 2.15. The average Bonchev–Trinajstić information content (AvgIpc) is 1.99. The van der Waals surface area contributed by atoms with Gasteiger partial charge >= 0.3 is 6.09 Å². The fourth-order valence-corrected chi connectivity index (χ4v) is 1.37. The van der Waals surface area contributed by atoms with Crippen molar-refractivity contribution in [2.24, 2.45) is 5.73 Å². The van der Waals surface area contributed by atoms with Crippen LogP contribution in [0.4, 0.5) is 4.79 Å². The molecule has 0 unspecified atom stereocenters. The third kappa shape index (κ3) is 3.51. The van der Waals surface area contributed by atoms with Gasteiger partial charge in [-0.15, -0.1) is 0 Å². The van der Waals surface area contributed by atoms with Crippen LogP contribution in [0, 0.1) is 0 Å². The van der Waals surface area contributed by atoms with Gasteiger partial charge in [0.15, 0.2) is 0 Å². The van der Waals surface area contributed by atoms with Gasteiger partial charge in [-0.05, 0) is 27.2 Å². The zero-order valence-corrected chi connectivity index (χ0v) is 9.45. The topological polar surface area (TPSA) is 72.6 Å². The average molecular weight is 214 g/mol. The van der Waals surface area contributed by atoms with Crippen LogP contribution in [0.3, 0.4) is 0 Å². The molecule has 86 valence electrons. The van der Waals surface area contributed by atoms with Crippen LogP contribution >= 0.6 is 0 Å². The maximum absolute atomic E-state index is 11.6. The molecule has 0 radical (unpaired) electrons. The van der Waals surface area contributed by atoms with Crippen molar-refractivity contribution in [3.8, 4) is 0 Å². The maximum atomic E-state index is 11.6. The number of hydrogen-bond donors (Lipinski definition) is 1. The van der Waals surface area contributed by atoms with Crippen LogP contribution in [0.15, 0.2) is 0 Å². The number of piperidine rings is 1. The lowest BCUT2D eigenvalue weighted by atomic mass is 10.1. The van der Waals surface area contributed by atoms with E-state index in [-0.39, 0.29) is 18.4 Å². The molecule has 1 aliphatic rings. The first-order chi connectivity index (χ1) is 6.79. The summed E-state index contributed by atoms with van der Waals surface area (Å²) in [5.74, 6) is -0.247. The summed E-state index contributed by atoms with van der Waals surface area (Å²) in [6.07, 6.45) is 0.295. The number of nitrogens with zero attached hydrogens (tertiary/aromatic N) is 1. The minimum Gasteiger partial charge on any atom is -0.443 e. The summed E-state index contributed by atoms with van der Waals surface area (Å²) in [5.41, 5.74) is 5.04. The van der Waals surface area contributed by atoms with E-state index in [0.717, 1.165) is 4.90 Å².